The highest BCUT2D eigenvalue weighted by Gasteiger charge is 2.22. The molecule has 0 radical (unpaired) electrons. The Morgan fingerprint density at radius 1 is 1.56 bits per heavy atom. The molecule has 0 atom stereocenters. The molecule has 1 aliphatic carbocycles. The van der Waals surface area contributed by atoms with Crippen molar-refractivity contribution in [2.45, 2.75) is 12.8 Å². The van der Waals surface area contributed by atoms with Crippen LogP contribution < -0.4 is 10.1 Å². The molecule has 1 fully saturated rings. The fraction of sp³-hybridized carbons (Fsp3) is 0.417. The maximum absolute atomic E-state index is 11.8. The molecule has 2 rings (SSSR count). The van der Waals surface area contributed by atoms with Gasteiger partial charge in [0.1, 0.15) is 5.75 Å². The van der Waals surface area contributed by atoms with E-state index in [4.69, 9.17) is 16.3 Å². The first-order valence-electron chi connectivity index (χ1n) is 5.32. The van der Waals surface area contributed by atoms with Crippen molar-refractivity contribution in [2.75, 3.05) is 13.7 Å². The molecule has 1 saturated carbocycles. The Morgan fingerprint density at radius 3 is 2.94 bits per heavy atom. The maximum atomic E-state index is 11.8. The fourth-order valence-electron chi connectivity index (χ4n) is 1.51. The van der Waals surface area contributed by atoms with Gasteiger partial charge in [0.25, 0.3) is 5.91 Å². The molecular weight excluding hydrogens is 226 g/mol. The molecule has 1 amide bonds. The Morgan fingerprint density at radius 2 is 2.31 bits per heavy atom. The average Bonchev–Trinajstić information content (AvgIpc) is 3.09. The van der Waals surface area contributed by atoms with Gasteiger partial charge < -0.3 is 10.1 Å². The van der Waals surface area contributed by atoms with Crippen LogP contribution in [0.5, 0.6) is 5.75 Å². The Bertz CT molecular complexity index is 402. The van der Waals surface area contributed by atoms with Gasteiger partial charge in [-0.2, -0.15) is 0 Å². The van der Waals surface area contributed by atoms with Gasteiger partial charge in [-0.3, -0.25) is 4.79 Å². The second-order valence-corrected chi connectivity index (χ2v) is 4.43. The molecule has 0 heterocycles. The lowest BCUT2D eigenvalue weighted by atomic mass is 10.2. The summed E-state index contributed by atoms with van der Waals surface area (Å²) in [7, 11) is 1.53. The number of halogens is 1. The summed E-state index contributed by atoms with van der Waals surface area (Å²) in [5.74, 6) is 1.09. The lowest BCUT2D eigenvalue weighted by Crippen LogP contribution is -2.25. The van der Waals surface area contributed by atoms with E-state index in [1.807, 2.05) is 0 Å². The number of nitrogens with one attached hydrogen (secondary N) is 1. The van der Waals surface area contributed by atoms with E-state index < -0.39 is 0 Å². The van der Waals surface area contributed by atoms with Gasteiger partial charge in [-0.15, -0.1) is 0 Å². The van der Waals surface area contributed by atoms with Crippen LogP contribution in [0.2, 0.25) is 5.02 Å². The van der Waals surface area contributed by atoms with Gasteiger partial charge in [0.05, 0.1) is 12.7 Å². The molecule has 1 aromatic rings. The smallest absolute Gasteiger partial charge is 0.255 e. The summed E-state index contributed by atoms with van der Waals surface area (Å²) in [5, 5.41) is 3.46. The van der Waals surface area contributed by atoms with Crippen LogP contribution in [0.1, 0.15) is 23.2 Å². The van der Waals surface area contributed by atoms with E-state index in [1.54, 1.807) is 18.2 Å². The van der Waals surface area contributed by atoms with Crippen LogP contribution in [-0.2, 0) is 0 Å². The monoisotopic (exact) mass is 239 g/mol. The second-order valence-electron chi connectivity index (χ2n) is 4.00. The van der Waals surface area contributed by atoms with Crippen LogP contribution in [0.3, 0.4) is 0 Å². The highest BCUT2D eigenvalue weighted by atomic mass is 35.5. The Kier molecular flexibility index (Phi) is 3.34. The van der Waals surface area contributed by atoms with Gasteiger partial charge >= 0.3 is 0 Å². The first-order chi connectivity index (χ1) is 7.70. The molecular formula is C12H14ClNO2. The Labute approximate surface area is 99.7 Å². The first-order valence-corrected chi connectivity index (χ1v) is 5.70. The van der Waals surface area contributed by atoms with Crippen molar-refractivity contribution >= 4 is 17.5 Å². The van der Waals surface area contributed by atoms with Crippen LogP contribution in [0.15, 0.2) is 18.2 Å². The summed E-state index contributed by atoms with van der Waals surface area (Å²) in [6.07, 6.45) is 2.44. The van der Waals surface area contributed by atoms with E-state index in [-0.39, 0.29) is 5.91 Å². The molecule has 16 heavy (non-hydrogen) atoms. The SMILES string of the molecule is COc1cc(Cl)ccc1C(=O)NCC1CC1. The molecule has 86 valence electrons. The van der Waals surface area contributed by atoms with Crippen molar-refractivity contribution in [2.24, 2.45) is 5.92 Å². The van der Waals surface area contributed by atoms with Crippen molar-refractivity contribution in [1.82, 2.24) is 5.32 Å². The van der Waals surface area contributed by atoms with E-state index in [9.17, 15) is 4.79 Å². The molecule has 0 spiro atoms. The second kappa shape index (κ2) is 4.74. The number of hydrogen-bond acceptors (Lipinski definition) is 2. The van der Waals surface area contributed by atoms with Gasteiger partial charge in [-0.1, -0.05) is 11.6 Å². The molecule has 0 aromatic heterocycles. The molecule has 1 N–H and O–H groups in total. The third-order valence-electron chi connectivity index (χ3n) is 2.66. The van der Waals surface area contributed by atoms with Gasteiger partial charge in [0, 0.05) is 11.6 Å². The van der Waals surface area contributed by atoms with Gasteiger partial charge in [-0.05, 0) is 37.0 Å². The summed E-state index contributed by atoms with van der Waals surface area (Å²) in [6.45, 7) is 0.755. The van der Waals surface area contributed by atoms with E-state index >= 15 is 0 Å². The molecule has 0 aliphatic heterocycles. The first kappa shape index (κ1) is 11.3. The minimum absolute atomic E-state index is 0.0968. The molecule has 0 unspecified atom stereocenters. The minimum Gasteiger partial charge on any atom is -0.496 e. The largest absolute Gasteiger partial charge is 0.496 e. The number of methoxy groups -OCH3 is 1. The highest BCUT2D eigenvalue weighted by Crippen LogP contribution is 2.28. The molecule has 0 saturated heterocycles. The van der Waals surface area contributed by atoms with E-state index in [2.05, 4.69) is 5.32 Å². The van der Waals surface area contributed by atoms with Crippen molar-refractivity contribution in [3.63, 3.8) is 0 Å². The standard InChI is InChI=1S/C12H14ClNO2/c1-16-11-6-9(13)4-5-10(11)12(15)14-7-8-2-3-8/h4-6,8H,2-3,7H2,1H3,(H,14,15). The van der Waals surface area contributed by atoms with Crippen molar-refractivity contribution in [3.8, 4) is 5.75 Å². The quantitative estimate of drug-likeness (QED) is 0.877. The van der Waals surface area contributed by atoms with Crippen LogP contribution >= 0.6 is 11.6 Å². The van der Waals surface area contributed by atoms with E-state index in [1.165, 1.54) is 20.0 Å². The third-order valence-corrected chi connectivity index (χ3v) is 2.89. The third kappa shape index (κ3) is 2.67. The lowest BCUT2D eigenvalue weighted by Gasteiger charge is -2.09. The molecule has 1 aliphatic rings. The van der Waals surface area contributed by atoms with E-state index in [0.29, 0.717) is 22.3 Å². The lowest BCUT2D eigenvalue weighted by molar-refractivity contribution is 0.0949. The normalized spacial score (nSPS) is 14.6. The van der Waals surface area contributed by atoms with Gasteiger partial charge in [0.15, 0.2) is 0 Å². The van der Waals surface area contributed by atoms with E-state index in [0.717, 1.165) is 6.54 Å². The number of amides is 1. The predicted molar refractivity (Wildman–Crippen MR) is 63.1 cm³/mol. The van der Waals surface area contributed by atoms with Crippen LogP contribution in [0.4, 0.5) is 0 Å². The zero-order chi connectivity index (χ0) is 11.5. The number of rotatable bonds is 4. The number of carbonyl (C=O) groups is 1. The van der Waals surface area contributed by atoms with Gasteiger partial charge in [0.2, 0.25) is 0 Å². The zero-order valence-corrected chi connectivity index (χ0v) is 9.88. The molecule has 3 nitrogen and oxygen atoms in total. The Hall–Kier alpha value is -1.22. The summed E-state index contributed by atoms with van der Waals surface area (Å²) in [5.41, 5.74) is 0.535. The number of carbonyl (C=O) groups excluding carboxylic acids is 1. The number of benzene rings is 1. The van der Waals surface area contributed by atoms with Crippen molar-refractivity contribution in [1.29, 1.82) is 0 Å². The number of hydrogen-bond donors (Lipinski definition) is 1. The van der Waals surface area contributed by atoms with Crippen LogP contribution in [-0.4, -0.2) is 19.6 Å². The zero-order valence-electron chi connectivity index (χ0n) is 9.13. The molecule has 4 heteroatoms. The predicted octanol–water partition coefficient (Wildman–Crippen LogP) is 2.49. The summed E-state index contributed by atoms with van der Waals surface area (Å²) in [4.78, 5) is 11.8. The van der Waals surface area contributed by atoms with Crippen molar-refractivity contribution in [3.05, 3.63) is 28.8 Å². The van der Waals surface area contributed by atoms with Crippen molar-refractivity contribution < 1.29 is 9.53 Å². The molecule has 0 bridgehead atoms. The summed E-state index contributed by atoms with van der Waals surface area (Å²) >= 11 is 5.83. The van der Waals surface area contributed by atoms with Crippen LogP contribution in [0, 0.1) is 5.92 Å². The highest BCUT2D eigenvalue weighted by molar-refractivity contribution is 6.30. The maximum Gasteiger partial charge on any atom is 0.255 e. The number of ether oxygens (including phenoxy) is 1. The Balaban J connectivity index is 2.08. The summed E-state index contributed by atoms with van der Waals surface area (Å²) < 4.78 is 5.12. The van der Waals surface area contributed by atoms with Gasteiger partial charge in [-0.25, -0.2) is 0 Å². The minimum atomic E-state index is -0.0968. The van der Waals surface area contributed by atoms with Crippen LogP contribution in [0.25, 0.3) is 0 Å². The topological polar surface area (TPSA) is 38.3 Å². The fourth-order valence-corrected chi connectivity index (χ4v) is 1.67. The molecule has 1 aromatic carbocycles. The average molecular weight is 240 g/mol. The summed E-state index contributed by atoms with van der Waals surface area (Å²) in [6, 6.07) is 5.02.